The lowest BCUT2D eigenvalue weighted by atomic mass is 10.3. The fraction of sp³-hybridized carbons (Fsp3) is 0.500. The van der Waals surface area contributed by atoms with Gasteiger partial charge in [-0.05, 0) is 19.1 Å². The Kier molecular flexibility index (Phi) is 3.14. The summed E-state index contributed by atoms with van der Waals surface area (Å²) < 4.78 is 5.12. The number of allylic oxidation sites excluding steroid dienone is 2. The van der Waals surface area contributed by atoms with Gasteiger partial charge in [0.25, 0.3) is 0 Å². The fourth-order valence-corrected chi connectivity index (χ4v) is 0.911. The maximum Gasteiger partial charge on any atom is 0.172 e. The number of rotatable bonds is 3. The Labute approximate surface area is 66.8 Å². The largest absolute Gasteiger partial charge is 0.356 e. The molecule has 0 saturated carbocycles. The zero-order valence-electron chi connectivity index (χ0n) is 6.86. The van der Waals surface area contributed by atoms with E-state index in [4.69, 9.17) is 9.57 Å². The van der Waals surface area contributed by atoms with Gasteiger partial charge in [0, 0.05) is 13.3 Å². The van der Waals surface area contributed by atoms with E-state index in [9.17, 15) is 0 Å². The van der Waals surface area contributed by atoms with Gasteiger partial charge in [-0.3, -0.25) is 4.84 Å². The van der Waals surface area contributed by atoms with E-state index in [0.717, 1.165) is 0 Å². The first-order chi connectivity index (χ1) is 5.38. The molecule has 1 atom stereocenters. The minimum absolute atomic E-state index is 0.0834. The molecule has 0 aliphatic carbocycles. The van der Waals surface area contributed by atoms with Crippen molar-refractivity contribution in [3.63, 3.8) is 0 Å². The van der Waals surface area contributed by atoms with Crippen molar-refractivity contribution in [2.45, 2.75) is 13.2 Å². The van der Waals surface area contributed by atoms with E-state index in [-0.39, 0.29) is 6.23 Å². The minimum Gasteiger partial charge on any atom is -0.356 e. The molecule has 1 unspecified atom stereocenters. The molecule has 1 aliphatic rings. The Balaban J connectivity index is 2.48. The monoisotopic (exact) mass is 155 g/mol. The second-order valence-electron chi connectivity index (χ2n) is 2.13. The van der Waals surface area contributed by atoms with Crippen LogP contribution in [0.25, 0.3) is 0 Å². The molecule has 3 heteroatoms. The molecule has 0 saturated heterocycles. The van der Waals surface area contributed by atoms with Crippen molar-refractivity contribution in [1.82, 2.24) is 5.06 Å². The predicted molar refractivity (Wildman–Crippen MR) is 42.5 cm³/mol. The van der Waals surface area contributed by atoms with Gasteiger partial charge in [-0.2, -0.15) is 0 Å². The molecular weight excluding hydrogens is 142 g/mol. The molecule has 0 bridgehead atoms. The van der Waals surface area contributed by atoms with E-state index < -0.39 is 0 Å². The summed E-state index contributed by atoms with van der Waals surface area (Å²) >= 11 is 0. The highest BCUT2D eigenvalue weighted by atomic mass is 16.7. The summed E-state index contributed by atoms with van der Waals surface area (Å²) in [6.07, 6.45) is 7.53. The smallest absolute Gasteiger partial charge is 0.172 e. The Morgan fingerprint density at radius 3 is 2.91 bits per heavy atom. The molecule has 62 valence electrons. The van der Waals surface area contributed by atoms with Gasteiger partial charge in [-0.25, -0.2) is 5.06 Å². The lowest BCUT2D eigenvalue weighted by Crippen LogP contribution is -2.32. The van der Waals surface area contributed by atoms with Crippen molar-refractivity contribution in [1.29, 1.82) is 0 Å². The summed E-state index contributed by atoms with van der Waals surface area (Å²) in [5.41, 5.74) is 0. The molecule has 1 heterocycles. The second kappa shape index (κ2) is 4.16. The SMILES string of the molecule is CCON1C=CC=CC1OC. The molecule has 0 fully saturated rings. The molecule has 0 radical (unpaired) electrons. The molecule has 11 heavy (non-hydrogen) atoms. The summed E-state index contributed by atoms with van der Waals surface area (Å²) in [5.74, 6) is 0. The number of ether oxygens (including phenoxy) is 1. The van der Waals surface area contributed by atoms with Gasteiger partial charge in [0.15, 0.2) is 6.23 Å². The highest BCUT2D eigenvalue weighted by Gasteiger charge is 2.12. The van der Waals surface area contributed by atoms with Gasteiger partial charge in [-0.1, -0.05) is 6.08 Å². The van der Waals surface area contributed by atoms with Crippen LogP contribution in [0.4, 0.5) is 0 Å². The van der Waals surface area contributed by atoms with Gasteiger partial charge in [0.1, 0.15) is 0 Å². The first-order valence-electron chi connectivity index (χ1n) is 3.67. The van der Waals surface area contributed by atoms with Crippen LogP contribution in [-0.2, 0) is 9.57 Å². The summed E-state index contributed by atoms with van der Waals surface area (Å²) in [7, 11) is 1.65. The zero-order valence-corrected chi connectivity index (χ0v) is 6.86. The van der Waals surface area contributed by atoms with Crippen molar-refractivity contribution in [2.75, 3.05) is 13.7 Å². The number of hydroxylamine groups is 2. The molecule has 1 rings (SSSR count). The Morgan fingerprint density at radius 2 is 2.27 bits per heavy atom. The summed E-state index contributed by atoms with van der Waals surface area (Å²) in [4.78, 5) is 5.26. The maximum atomic E-state index is 5.26. The van der Waals surface area contributed by atoms with Crippen molar-refractivity contribution in [3.05, 3.63) is 24.4 Å². The first-order valence-corrected chi connectivity index (χ1v) is 3.67. The van der Waals surface area contributed by atoms with Gasteiger partial charge < -0.3 is 4.74 Å². The molecule has 0 aromatic carbocycles. The third-order valence-corrected chi connectivity index (χ3v) is 1.39. The number of hydrogen-bond acceptors (Lipinski definition) is 3. The standard InChI is InChI=1S/C8H13NO2/c1-3-11-9-7-5-4-6-8(9)10-2/h4-8H,3H2,1-2H3. The van der Waals surface area contributed by atoms with Gasteiger partial charge >= 0.3 is 0 Å². The molecule has 1 aliphatic heterocycles. The van der Waals surface area contributed by atoms with Gasteiger partial charge in [0.05, 0.1) is 6.61 Å². The Morgan fingerprint density at radius 1 is 1.45 bits per heavy atom. The third-order valence-electron chi connectivity index (χ3n) is 1.39. The third kappa shape index (κ3) is 2.06. The number of methoxy groups -OCH3 is 1. The summed E-state index contributed by atoms with van der Waals surface area (Å²) in [6, 6.07) is 0. The van der Waals surface area contributed by atoms with Gasteiger partial charge in [0.2, 0.25) is 0 Å². The van der Waals surface area contributed by atoms with Crippen LogP contribution in [0.5, 0.6) is 0 Å². The zero-order chi connectivity index (χ0) is 8.10. The molecule has 0 aromatic rings. The average Bonchev–Trinajstić information content (AvgIpc) is 2.06. The van der Waals surface area contributed by atoms with Crippen LogP contribution < -0.4 is 0 Å². The van der Waals surface area contributed by atoms with Crippen molar-refractivity contribution < 1.29 is 9.57 Å². The number of nitrogens with zero attached hydrogens (tertiary/aromatic N) is 1. The summed E-state index contributed by atoms with van der Waals surface area (Å²) in [5, 5.41) is 1.68. The lowest BCUT2D eigenvalue weighted by molar-refractivity contribution is -0.195. The molecular formula is C8H13NO2. The first kappa shape index (κ1) is 8.30. The highest BCUT2D eigenvalue weighted by molar-refractivity contribution is 5.09. The summed E-state index contributed by atoms with van der Waals surface area (Å²) in [6.45, 7) is 2.59. The van der Waals surface area contributed by atoms with Crippen LogP contribution in [0.1, 0.15) is 6.92 Å². The van der Waals surface area contributed by atoms with Crippen LogP contribution in [0.15, 0.2) is 24.4 Å². The predicted octanol–water partition coefficient (Wildman–Crippen LogP) is 1.30. The van der Waals surface area contributed by atoms with E-state index in [2.05, 4.69) is 0 Å². The van der Waals surface area contributed by atoms with Gasteiger partial charge in [-0.15, -0.1) is 0 Å². The minimum atomic E-state index is -0.0834. The van der Waals surface area contributed by atoms with E-state index in [1.807, 2.05) is 31.4 Å². The molecule has 0 aromatic heterocycles. The van der Waals surface area contributed by atoms with Crippen LogP contribution >= 0.6 is 0 Å². The second-order valence-corrected chi connectivity index (χ2v) is 2.13. The highest BCUT2D eigenvalue weighted by Crippen LogP contribution is 2.08. The van der Waals surface area contributed by atoms with E-state index in [1.54, 1.807) is 12.2 Å². The van der Waals surface area contributed by atoms with Crippen LogP contribution in [0, 0.1) is 0 Å². The normalized spacial score (nSPS) is 22.7. The van der Waals surface area contributed by atoms with E-state index >= 15 is 0 Å². The van der Waals surface area contributed by atoms with Crippen molar-refractivity contribution >= 4 is 0 Å². The Bertz CT molecular complexity index is 165. The van der Waals surface area contributed by atoms with E-state index in [1.165, 1.54) is 0 Å². The topological polar surface area (TPSA) is 21.7 Å². The molecule has 0 N–H and O–H groups in total. The van der Waals surface area contributed by atoms with Crippen molar-refractivity contribution in [2.24, 2.45) is 0 Å². The van der Waals surface area contributed by atoms with Crippen LogP contribution in [-0.4, -0.2) is 25.0 Å². The lowest BCUT2D eigenvalue weighted by Gasteiger charge is -2.26. The average molecular weight is 155 g/mol. The van der Waals surface area contributed by atoms with Crippen LogP contribution in [0.2, 0.25) is 0 Å². The van der Waals surface area contributed by atoms with Crippen LogP contribution in [0.3, 0.4) is 0 Å². The quantitative estimate of drug-likeness (QED) is 0.613. The fourth-order valence-electron chi connectivity index (χ4n) is 0.911. The number of hydrogen-bond donors (Lipinski definition) is 0. The maximum absolute atomic E-state index is 5.26. The molecule has 0 spiro atoms. The van der Waals surface area contributed by atoms with E-state index in [0.29, 0.717) is 6.61 Å². The van der Waals surface area contributed by atoms with Crippen molar-refractivity contribution in [3.8, 4) is 0 Å². The Hall–Kier alpha value is -0.800. The molecule has 3 nitrogen and oxygen atoms in total. The molecule has 0 amide bonds.